The van der Waals surface area contributed by atoms with Crippen molar-refractivity contribution in [1.29, 1.82) is 0 Å². The normalized spacial score (nSPS) is 32.2. The van der Waals surface area contributed by atoms with Gasteiger partial charge in [-0.2, -0.15) is 0 Å². The Morgan fingerprint density at radius 3 is 2.42 bits per heavy atom. The third-order valence-electron chi connectivity index (χ3n) is 6.72. The summed E-state index contributed by atoms with van der Waals surface area (Å²) in [5.74, 6) is -0.743. The lowest BCUT2D eigenvalue weighted by molar-refractivity contribution is -0.965. The molecule has 6 heteroatoms. The molecule has 2 aliphatic rings. The fourth-order valence-corrected chi connectivity index (χ4v) is 5.01. The van der Waals surface area contributed by atoms with Crippen LogP contribution in [-0.4, -0.2) is 58.8 Å². The Balaban J connectivity index is 1.88. The summed E-state index contributed by atoms with van der Waals surface area (Å²) < 4.78 is 0.769. The van der Waals surface area contributed by atoms with Crippen LogP contribution in [0.15, 0.2) is 30.3 Å². The minimum Gasteiger partial charge on any atom is -0.481 e. The summed E-state index contributed by atoms with van der Waals surface area (Å²) in [4.78, 5) is 26.0. The summed E-state index contributed by atoms with van der Waals surface area (Å²) in [5.41, 5.74) is 5.71. The van der Waals surface area contributed by atoms with Gasteiger partial charge in [0.1, 0.15) is 5.41 Å². The molecular weight excluding hydrogens is 330 g/mol. The molecule has 0 saturated carbocycles. The molecule has 1 atom stereocenters. The lowest BCUT2D eigenvalue weighted by atomic mass is 9.71. The number of hydrogen-bond acceptors (Lipinski definition) is 2. The summed E-state index contributed by atoms with van der Waals surface area (Å²) in [6, 6.07) is 9.24. The molecule has 0 bridgehead atoms. The highest BCUT2D eigenvalue weighted by atomic mass is 16.4. The van der Waals surface area contributed by atoms with Crippen LogP contribution in [0.3, 0.4) is 0 Å². The smallest absolute Gasteiger partial charge is 0.319 e. The minimum absolute atomic E-state index is 0.0776. The van der Waals surface area contributed by atoms with Crippen LogP contribution < -0.4 is 5.73 Å². The van der Waals surface area contributed by atoms with Crippen molar-refractivity contribution >= 4 is 12.0 Å². The van der Waals surface area contributed by atoms with Crippen LogP contribution in [-0.2, 0) is 10.2 Å². The van der Waals surface area contributed by atoms with E-state index < -0.39 is 11.4 Å². The third kappa shape index (κ3) is 3.07. The number of rotatable bonds is 4. The van der Waals surface area contributed by atoms with Crippen molar-refractivity contribution in [2.24, 2.45) is 5.73 Å². The van der Waals surface area contributed by atoms with Crippen molar-refractivity contribution in [1.82, 2.24) is 4.90 Å². The predicted octanol–water partition coefficient (Wildman–Crippen LogP) is 2.53. The second kappa shape index (κ2) is 7.27. The first-order valence-corrected chi connectivity index (χ1v) is 9.66. The van der Waals surface area contributed by atoms with E-state index in [4.69, 9.17) is 5.73 Å². The fourth-order valence-electron chi connectivity index (χ4n) is 5.01. The van der Waals surface area contributed by atoms with Crippen molar-refractivity contribution in [2.45, 2.75) is 50.6 Å². The number of carbonyl (C=O) groups is 2. The molecule has 2 aliphatic heterocycles. The van der Waals surface area contributed by atoms with E-state index in [1.54, 1.807) is 0 Å². The largest absolute Gasteiger partial charge is 0.481 e. The molecule has 2 amide bonds. The number of hydrogen-bond donors (Lipinski definition) is 2. The Labute approximate surface area is 155 Å². The Kier molecular flexibility index (Phi) is 5.23. The van der Waals surface area contributed by atoms with Gasteiger partial charge in [0.15, 0.2) is 6.17 Å². The van der Waals surface area contributed by atoms with Crippen LogP contribution in [0.2, 0.25) is 0 Å². The van der Waals surface area contributed by atoms with Crippen LogP contribution >= 0.6 is 0 Å². The number of nitrogens with two attached hydrogens (primary N) is 1. The Hall–Kier alpha value is -2.08. The van der Waals surface area contributed by atoms with Crippen molar-refractivity contribution < 1.29 is 19.2 Å². The summed E-state index contributed by atoms with van der Waals surface area (Å²) in [7, 11) is 0. The maximum atomic E-state index is 12.2. The molecule has 3 N–H and O–H groups in total. The molecule has 142 valence electrons. The summed E-state index contributed by atoms with van der Waals surface area (Å²) in [6.45, 7) is 5.25. The Morgan fingerprint density at radius 2 is 1.88 bits per heavy atom. The fraction of sp³-hybridized carbons (Fsp3) is 0.600. The van der Waals surface area contributed by atoms with Gasteiger partial charge in [0, 0.05) is 25.8 Å². The quantitative estimate of drug-likeness (QED) is 0.809. The lowest BCUT2D eigenvalue weighted by Gasteiger charge is -2.54. The highest BCUT2D eigenvalue weighted by molar-refractivity contribution is 5.81. The van der Waals surface area contributed by atoms with Gasteiger partial charge in [-0.1, -0.05) is 30.3 Å². The predicted molar refractivity (Wildman–Crippen MR) is 99.5 cm³/mol. The molecule has 6 nitrogen and oxygen atoms in total. The first-order chi connectivity index (χ1) is 12.4. The average molecular weight is 360 g/mol. The summed E-state index contributed by atoms with van der Waals surface area (Å²) >= 11 is 0. The van der Waals surface area contributed by atoms with Crippen molar-refractivity contribution in [2.75, 3.05) is 26.2 Å². The molecule has 2 heterocycles. The van der Waals surface area contributed by atoms with E-state index in [-0.39, 0.29) is 12.2 Å². The number of primary amides is 1. The van der Waals surface area contributed by atoms with E-state index in [1.165, 1.54) is 0 Å². The van der Waals surface area contributed by atoms with E-state index in [0.29, 0.717) is 19.4 Å². The number of aliphatic carboxylic acids is 1. The minimum atomic E-state index is -0.829. The van der Waals surface area contributed by atoms with E-state index in [2.05, 4.69) is 6.92 Å². The van der Waals surface area contributed by atoms with Crippen molar-refractivity contribution in [3.05, 3.63) is 35.9 Å². The number of carboxylic acid groups (broad SMARTS) is 1. The molecule has 1 aromatic carbocycles. The van der Waals surface area contributed by atoms with E-state index in [0.717, 1.165) is 48.9 Å². The maximum absolute atomic E-state index is 12.2. The van der Waals surface area contributed by atoms with Crippen LogP contribution in [0.1, 0.15) is 44.6 Å². The summed E-state index contributed by atoms with van der Waals surface area (Å²) in [5, 5.41) is 10.0. The topological polar surface area (TPSA) is 83.6 Å². The molecule has 0 aliphatic carbocycles. The first-order valence-electron chi connectivity index (χ1n) is 9.66. The van der Waals surface area contributed by atoms with Gasteiger partial charge in [0.2, 0.25) is 0 Å². The van der Waals surface area contributed by atoms with Gasteiger partial charge in [0.25, 0.3) is 0 Å². The number of amides is 2. The molecule has 26 heavy (non-hydrogen) atoms. The number of benzene rings is 1. The van der Waals surface area contributed by atoms with Gasteiger partial charge in [-0.15, -0.1) is 0 Å². The molecule has 1 unspecified atom stereocenters. The number of quaternary nitrogens is 1. The second-order valence-corrected chi connectivity index (χ2v) is 7.74. The highest BCUT2D eigenvalue weighted by Crippen LogP contribution is 2.41. The molecule has 0 radical (unpaired) electrons. The van der Waals surface area contributed by atoms with Crippen molar-refractivity contribution in [3.8, 4) is 0 Å². The van der Waals surface area contributed by atoms with E-state index in [9.17, 15) is 14.7 Å². The number of piperidine rings is 2. The monoisotopic (exact) mass is 360 g/mol. The van der Waals surface area contributed by atoms with Gasteiger partial charge in [-0.05, 0) is 25.3 Å². The zero-order valence-electron chi connectivity index (χ0n) is 15.6. The van der Waals surface area contributed by atoms with Gasteiger partial charge in [0.05, 0.1) is 19.6 Å². The highest BCUT2D eigenvalue weighted by Gasteiger charge is 2.52. The number of likely N-dealkylation sites (tertiary alicyclic amines) is 2. The Bertz CT molecular complexity index is 654. The molecule has 1 aromatic rings. The van der Waals surface area contributed by atoms with Crippen LogP contribution in [0.25, 0.3) is 0 Å². The first kappa shape index (κ1) is 18.7. The SMILES string of the molecule is CC[N+]1(C2CCCCN2C(N)=O)CCC(C(=O)O)(c2ccccc2)CC1. The standard InChI is InChI=1S/C20H29N3O3/c1-2-23(17-10-6-7-13-22(17)19(21)26)14-11-20(12-15-23,18(24)25)16-8-4-3-5-9-16/h3-5,8-9,17H,2,6-7,10-15H2,1H3,(H2-,21,24,25,26)/p+1. The number of carbonyl (C=O) groups excluding carboxylic acids is 1. The van der Waals surface area contributed by atoms with Crippen LogP contribution in [0.4, 0.5) is 4.79 Å². The average Bonchev–Trinajstić information content (AvgIpc) is 2.68. The molecule has 2 fully saturated rings. The third-order valence-corrected chi connectivity index (χ3v) is 6.72. The second-order valence-electron chi connectivity index (χ2n) is 7.74. The molecule has 3 rings (SSSR count). The zero-order valence-corrected chi connectivity index (χ0v) is 15.6. The molecule has 0 aromatic heterocycles. The number of carboxylic acids is 1. The lowest BCUT2D eigenvalue weighted by Crippen LogP contribution is -2.69. The van der Waals surface area contributed by atoms with Crippen LogP contribution in [0.5, 0.6) is 0 Å². The molecule has 0 spiro atoms. The van der Waals surface area contributed by atoms with Gasteiger partial charge >= 0.3 is 12.0 Å². The molecular formula is C20H30N3O3+. The van der Waals surface area contributed by atoms with Crippen molar-refractivity contribution in [3.63, 3.8) is 0 Å². The van der Waals surface area contributed by atoms with Gasteiger partial charge in [-0.3, -0.25) is 9.69 Å². The molecule has 2 saturated heterocycles. The van der Waals surface area contributed by atoms with Crippen LogP contribution in [0, 0.1) is 0 Å². The summed E-state index contributed by atoms with van der Waals surface area (Å²) in [6.07, 6.45) is 4.28. The van der Waals surface area contributed by atoms with E-state index in [1.807, 2.05) is 35.2 Å². The van der Waals surface area contributed by atoms with Gasteiger partial charge in [-0.25, -0.2) is 4.79 Å². The maximum Gasteiger partial charge on any atom is 0.319 e. The zero-order chi connectivity index (χ0) is 18.8. The Morgan fingerprint density at radius 1 is 1.23 bits per heavy atom. The van der Waals surface area contributed by atoms with Gasteiger partial charge < -0.3 is 15.3 Å². The number of nitrogens with zero attached hydrogens (tertiary/aromatic N) is 2. The van der Waals surface area contributed by atoms with E-state index >= 15 is 0 Å². The number of urea groups is 1.